The fraction of sp³-hybridized carbons (Fsp3) is 0.500. The highest BCUT2D eigenvalue weighted by Gasteiger charge is 2.17. The van der Waals surface area contributed by atoms with Crippen LogP contribution in [0.2, 0.25) is 0 Å². The number of anilines is 2. The molecule has 6 nitrogen and oxygen atoms in total. The predicted octanol–water partition coefficient (Wildman–Crippen LogP) is -0.218. The number of hydrogen-bond donors (Lipinski definition) is 3. The Hall–Kier alpha value is -1.72. The maximum Gasteiger partial charge on any atom is 0.243 e. The van der Waals surface area contributed by atoms with Crippen LogP contribution in [0.25, 0.3) is 0 Å². The van der Waals surface area contributed by atoms with E-state index in [1.54, 1.807) is 0 Å². The number of nitrogens with zero attached hydrogens (tertiary/aromatic N) is 3. The van der Waals surface area contributed by atoms with Crippen LogP contribution in [-0.2, 0) is 0 Å². The Morgan fingerprint density at radius 2 is 2.07 bits per heavy atom. The highest BCUT2D eigenvalue weighted by atomic mass is 16.5. The largest absolute Gasteiger partial charge is 0.424 e. The van der Waals surface area contributed by atoms with Gasteiger partial charge in [0.2, 0.25) is 5.95 Å². The molecule has 1 aromatic heterocycles. The summed E-state index contributed by atoms with van der Waals surface area (Å²) in [5.41, 5.74) is 5.59. The normalized spacial score (nSPS) is 16.1. The summed E-state index contributed by atoms with van der Waals surface area (Å²) in [6.07, 6.45) is 2.17. The molecule has 0 unspecified atom stereocenters. The van der Waals surface area contributed by atoms with E-state index < -0.39 is 0 Å². The fourth-order valence-electron chi connectivity index (χ4n) is 1.63. The molecule has 6 heteroatoms. The van der Waals surface area contributed by atoms with Gasteiger partial charge in [0.1, 0.15) is 5.82 Å². The van der Waals surface area contributed by atoms with Gasteiger partial charge < -0.3 is 15.8 Å². The maximum absolute atomic E-state index is 9.59. The van der Waals surface area contributed by atoms with Crippen LogP contribution in [0, 0.1) is 5.41 Å². The topological polar surface area (TPSA) is 91.2 Å². The van der Waals surface area contributed by atoms with Crippen molar-refractivity contribution in [3.05, 3.63) is 11.6 Å². The summed E-state index contributed by atoms with van der Waals surface area (Å²) in [5.74, 6) is 0.513. The van der Waals surface area contributed by atoms with Gasteiger partial charge in [0.25, 0.3) is 0 Å². The van der Waals surface area contributed by atoms with Gasteiger partial charge in [0.15, 0.2) is 5.49 Å². The minimum absolute atomic E-state index is 0.0784. The minimum Gasteiger partial charge on any atom is -0.424 e. The van der Waals surface area contributed by atoms with Crippen LogP contribution < -0.4 is 16.1 Å². The molecule has 2 heterocycles. The molecule has 0 bridgehead atoms. The monoisotopic (exact) mass is 195 g/mol. The van der Waals surface area contributed by atoms with E-state index in [0.29, 0.717) is 5.95 Å². The van der Waals surface area contributed by atoms with Crippen LogP contribution in [0.4, 0.5) is 11.8 Å². The molecule has 76 valence electrons. The van der Waals surface area contributed by atoms with Crippen LogP contribution in [0.15, 0.2) is 6.07 Å². The molecule has 1 aromatic rings. The third kappa shape index (κ3) is 1.39. The molecule has 0 atom stereocenters. The van der Waals surface area contributed by atoms with E-state index in [1.165, 1.54) is 6.07 Å². The van der Waals surface area contributed by atoms with Crippen molar-refractivity contribution in [1.82, 2.24) is 9.71 Å². The number of aromatic nitrogens is 2. The Balaban J connectivity index is 2.45. The predicted molar refractivity (Wildman–Crippen MR) is 51.1 cm³/mol. The van der Waals surface area contributed by atoms with Gasteiger partial charge in [0, 0.05) is 19.2 Å². The summed E-state index contributed by atoms with van der Waals surface area (Å²) >= 11 is 0. The number of rotatable bonds is 1. The molecule has 0 radical (unpaired) electrons. The molecular weight excluding hydrogens is 182 g/mol. The molecule has 0 saturated carbocycles. The van der Waals surface area contributed by atoms with Crippen molar-refractivity contribution in [2.24, 2.45) is 0 Å². The summed E-state index contributed by atoms with van der Waals surface area (Å²) < 4.78 is 0.837. The van der Waals surface area contributed by atoms with Gasteiger partial charge in [0.05, 0.1) is 0 Å². The van der Waals surface area contributed by atoms with Crippen molar-refractivity contribution in [1.29, 1.82) is 5.41 Å². The van der Waals surface area contributed by atoms with Crippen molar-refractivity contribution in [2.75, 3.05) is 23.7 Å². The Bertz CT molecular complexity index is 393. The van der Waals surface area contributed by atoms with Gasteiger partial charge in [-0.15, -0.1) is 4.73 Å². The second-order valence-corrected chi connectivity index (χ2v) is 3.37. The highest BCUT2D eigenvalue weighted by Crippen LogP contribution is 2.16. The number of nitrogens with two attached hydrogens (primary N) is 1. The summed E-state index contributed by atoms with van der Waals surface area (Å²) in [4.78, 5) is 5.87. The first-order valence-electron chi connectivity index (χ1n) is 4.57. The van der Waals surface area contributed by atoms with Crippen LogP contribution in [0.3, 0.4) is 0 Å². The van der Waals surface area contributed by atoms with Gasteiger partial charge in [-0.25, -0.2) is 0 Å². The Labute approximate surface area is 81.1 Å². The zero-order valence-corrected chi connectivity index (χ0v) is 7.77. The lowest BCUT2D eigenvalue weighted by molar-refractivity contribution is 0.190. The second kappa shape index (κ2) is 3.21. The third-order valence-electron chi connectivity index (χ3n) is 2.33. The Morgan fingerprint density at radius 3 is 2.71 bits per heavy atom. The molecule has 0 spiro atoms. The molecule has 0 aromatic carbocycles. The van der Waals surface area contributed by atoms with Crippen molar-refractivity contribution >= 4 is 11.8 Å². The zero-order valence-electron chi connectivity index (χ0n) is 7.77. The molecule has 1 aliphatic heterocycles. The van der Waals surface area contributed by atoms with Gasteiger partial charge in [-0.3, -0.25) is 5.41 Å². The van der Waals surface area contributed by atoms with Crippen LogP contribution in [-0.4, -0.2) is 28.0 Å². The molecule has 4 N–H and O–H groups in total. The lowest BCUT2D eigenvalue weighted by Crippen LogP contribution is -2.28. The van der Waals surface area contributed by atoms with Gasteiger partial charge >= 0.3 is 0 Å². The molecule has 0 aliphatic carbocycles. The van der Waals surface area contributed by atoms with E-state index >= 15 is 0 Å². The molecule has 0 amide bonds. The molecular formula is C8H13N5O. The highest BCUT2D eigenvalue weighted by molar-refractivity contribution is 5.39. The number of nitrogen functional groups attached to an aromatic ring is 1. The Kier molecular flexibility index (Phi) is 2.03. The van der Waals surface area contributed by atoms with Crippen molar-refractivity contribution in [2.45, 2.75) is 12.8 Å². The summed E-state index contributed by atoms with van der Waals surface area (Å²) in [6, 6.07) is 1.32. The van der Waals surface area contributed by atoms with Crippen molar-refractivity contribution in [3.63, 3.8) is 0 Å². The summed E-state index contributed by atoms with van der Waals surface area (Å²) in [5, 5.41) is 17.0. The molecule has 1 saturated heterocycles. The van der Waals surface area contributed by atoms with E-state index in [4.69, 9.17) is 11.1 Å². The summed E-state index contributed by atoms with van der Waals surface area (Å²) in [6.45, 7) is 1.72. The average Bonchev–Trinajstić information content (AvgIpc) is 2.63. The molecule has 1 fully saturated rings. The van der Waals surface area contributed by atoms with Gasteiger partial charge in [-0.2, -0.15) is 4.98 Å². The third-order valence-corrected chi connectivity index (χ3v) is 2.33. The van der Waals surface area contributed by atoms with Crippen molar-refractivity contribution in [3.8, 4) is 0 Å². The SMILES string of the molecule is N=c1cc(N)n(O)c(N2CCCC2)n1. The van der Waals surface area contributed by atoms with Gasteiger partial charge in [-0.05, 0) is 12.8 Å². The minimum atomic E-state index is 0.0784. The van der Waals surface area contributed by atoms with Crippen molar-refractivity contribution < 1.29 is 5.21 Å². The van der Waals surface area contributed by atoms with E-state index in [-0.39, 0.29) is 11.3 Å². The standard InChI is InChI=1S/C8H13N5O/c9-6-5-7(10)13(14)8(11-6)12-3-1-2-4-12/h5,9,14H,1-4,10H2. The lowest BCUT2D eigenvalue weighted by Gasteiger charge is -2.18. The molecule has 14 heavy (non-hydrogen) atoms. The lowest BCUT2D eigenvalue weighted by atomic mass is 10.4. The first-order chi connectivity index (χ1) is 6.68. The van der Waals surface area contributed by atoms with Crippen LogP contribution >= 0.6 is 0 Å². The van der Waals surface area contributed by atoms with Crippen LogP contribution in [0.5, 0.6) is 0 Å². The van der Waals surface area contributed by atoms with E-state index in [0.717, 1.165) is 30.7 Å². The van der Waals surface area contributed by atoms with E-state index in [9.17, 15) is 5.21 Å². The first-order valence-corrected chi connectivity index (χ1v) is 4.57. The number of hydrogen-bond acceptors (Lipinski definition) is 5. The smallest absolute Gasteiger partial charge is 0.243 e. The molecule has 1 aliphatic rings. The van der Waals surface area contributed by atoms with E-state index in [1.807, 2.05) is 4.90 Å². The number of nitrogens with one attached hydrogen (secondary N) is 1. The summed E-state index contributed by atoms with van der Waals surface area (Å²) in [7, 11) is 0. The maximum atomic E-state index is 9.59. The van der Waals surface area contributed by atoms with Crippen LogP contribution in [0.1, 0.15) is 12.8 Å². The van der Waals surface area contributed by atoms with E-state index in [2.05, 4.69) is 4.98 Å². The second-order valence-electron chi connectivity index (χ2n) is 3.37. The first kappa shape index (κ1) is 8.86. The quantitative estimate of drug-likeness (QED) is 0.540. The fourth-order valence-corrected chi connectivity index (χ4v) is 1.63. The average molecular weight is 195 g/mol. The Morgan fingerprint density at radius 1 is 1.43 bits per heavy atom. The van der Waals surface area contributed by atoms with Gasteiger partial charge in [-0.1, -0.05) is 0 Å². The molecule has 2 rings (SSSR count). The zero-order chi connectivity index (χ0) is 10.1.